The zero-order valence-electron chi connectivity index (χ0n) is 8.90. The number of nitrogens with two attached hydrogens (primary N) is 1. The number of carbonyl (C=O) groups is 1. The summed E-state index contributed by atoms with van der Waals surface area (Å²) in [6.45, 7) is 1.85. The lowest BCUT2D eigenvalue weighted by molar-refractivity contribution is 0.102. The van der Waals surface area contributed by atoms with Crippen molar-refractivity contribution < 1.29 is 4.79 Å². The maximum atomic E-state index is 11.8. The fourth-order valence-electron chi connectivity index (χ4n) is 1.18. The van der Waals surface area contributed by atoms with Gasteiger partial charge in [-0.25, -0.2) is 9.97 Å². The third-order valence-electron chi connectivity index (χ3n) is 1.92. The van der Waals surface area contributed by atoms with Crippen LogP contribution in [0.25, 0.3) is 0 Å². The summed E-state index contributed by atoms with van der Waals surface area (Å²) in [7, 11) is 0. The number of pyridine rings is 1. The largest absolute Gasteiger partial charge is 0.384 e. The van der Waals surface area contributed by atoms with Crippen LogP contribution in [0.1, 0.15) is 16.2 Å². The second-order valence-corrected chi connectivity index (χ2v) is 4.58. The highest BCUT2D eigenvalue weighted by molar-refractivity contribution is 7.13. The summed E-state index contributed by atoms with van der Waals surface area (Å²) in [4.78, 5) is 19.8. The fraction of sp³-hybridized carbons (Fsp3) is 0.100. The number of halogens is 1. The molecular formula is C10H9ClN4OS. The molecule has 2 rings (SSSR count). The fourth-order valence-corrected chi connectivity index (χ4v) is 2.06. The zero-order valence-corrected chi connectivity index (χ0v) is 10.5. The van der Waals surface area contributed by atoms with Gasteiger partial charge in [0.1, 0.15) is 11.5 Å². The van der Waals surface area contributed by atoms with E-state index in [9.17, 15) is 4.79 Å². The minimum Gasteiger partial charge on any atom is -0.384 e. The van der Waals surface area contributed by atoms with Crippen LogP contribution in [0.4, 0.5) is 10.9 Å². The Balaban J connectivity index is 2.22. The zero-order chi connectivity index (χ0) is 12.4. The van der Waals surface area contributed by atoms with E-state index in [1.54, 1.807) is 0 Å². The van der Waals surface area contributed by atoms with Crippen LogP contribution >= 0.6 is 22.9 Å². The van der Waals surface area contributed by atoms with Gasteiger partial charge in [0.2, 0.25) is 0 Å². The summed E-state index contributed by atoms with van der Waals surface area (Å²) >= 11 is 7.20. The SMILES string of the molecule is Cc1csc(NC(=O)c2nc(N)ccc2Cl)n1. The van der Waals surface area contributed by atoms with Gasteiger partial charge in [-0.2, -0.15) is 0 Å². The highest BCUT2D eigenvalue weighted by Gasteiger charge is 2.14. The topological polar surface area (TPSA) is 80.9 Å². The van der Waals surface area contributed by atoms with E-state index in [2.05, 4.69) is 15.3 Å². The van der Waals surface area contributed by atoms with Crippen molar-refractivity contribution >= 4 is 39.8 Å². The van der Waals surface area contributed by atoms with Crippen molar-refractivity contribution in [3.8, 4) is 0 Å². The smallest absolute Gasteiger partial charge is 0.277 e. The van der Waals surface area contributed by atoms with Crippen LogP contribution in [0.5, 0.6) is 0 Å². The van der Waals surface area contributed by atoms with Gasteiger partial charge >= 0.3 is 0 Å². The third-order valence-corrected chi connectivity index (χ3v) is 3.10. The first-order valence-electron chi connectivity index (χ1n) is 4.72. The highest BCUT2D eigenvalue weighted by atomic mass is 35.5. The van der Waals surface area contributed by atoms with E-state index in [0.717, 1.165) is 5.69 Å². The molecule has 3 N–H and O–H groups in total. The average molecular weight is 269 g/mol. The Kier molecular flexibility index (Phi) is 3.26. The van der Waals surface area contributed by atoms with Gasteiger partial charge in [-0.1, -0.05) is 11.6 Å². The van der Waals surface area contributed by atoms with E-state index in [1.165, 1.54) is 23.5 Å². The molecule has 0 radical (unpaired) electrons. The standard InChI is InChI=1S/C10H9ClN4OS/c1-5-4-17-10(13-5)15-9(16)8-6(11)2-3-7(12)14-8/h2-4H,1H3,(H2,12,14)(H,13,15,16). The molecule has 88 valence electrons. The van der Waals surface area contributed by atoms with E-state index < -0.39 is 5.91 Å². The van der Waals surface area contributed by atoms with Gasteiger partial charge in [-0.3, -0.25) is 10.1 Å². The molecule has 0 aromatic carbocycles. The van der Waals surface area contributed by atoms with Crippen LogP contribution in [0.2, 0.25) is 5.02 Å². The Labute approximate surface area is 107 Å². The van der Waals surface area contributed by atoms with Crippen molar-refractivity contribution in [2.24, 2.45) is 0 Å². The Morgan fingerprint density at radius 1 is 1.47 bits per heavy atom. The Morgan fingerprint density at radius 3 is 2.88 bits per heavy atom. The molecular weight excluding hydrogens is 260 g/mol. The first-order chi connectivity index (χ1) is 8.06. The number of carbonyl (C=O) groups excluding carboxylic acids is 1. The van der Waals surface area contributed by atoms with Gasteiger partial charge in [-0.15, -0.1) is 11.3 Å². The average Bonchev–Trinajstić information content (AvgIpc) is 2.67. The molecule has 0 aliphatic heterocycles. The second-order valence-electron chi connectivity index (χ2n) is 3.31. The Hall–Kier alpha value is -1.66. The molecule has 2 heterocycles. The predicted molar refractivity (Wildman–Crippen MR) is 68.5 cm³/mol. The van der Waals surface area contributed by atoms with Crippen LogP contribution in [-0.4, -0.2) is 15.9 Å². The molecule has 1 amide bonds. The quantitative estimate of drug-likeness (QED) is 0.876. The first kappa shape index (κ1) is 11.8. The molecule has 7 heteroatoms. The van der Waals surface area contributed by atoms with Crippen LogP contribution < -0.4 is 11.1 Å². The molecule has 0 aliphatic carbocycles. The Bertz CT molecular complexity index is 569. The number of aromatic nitrogens is 2. The lowest BCUT2D eigenvalue weighted by Gasteiger charge is -2.03. The number of nitrogens with zero attached hydrogens (tertiary/aromatic N) is 2. The third kappa shape index (κ3) is 2.72. The van der Waals surface area contributed by atoms with E-state index >= 15 is 0 Å². The normalized spacial score (nSPS) is 10.2. The van der Waals surface area contributed by atoms with Crippen molar-refractivity contribution in [3.05, 3.63) is 33.9 Å². The van der Waals surface area contributed by atoms with Gasteiger partial charge in [0.05, 0.1) is 10.7 Å². The lowest BCUT2D eigenvalue weighted by atomic mass is 10.3. The summed E-state index contributed by atoms with van der Waals surface area (Å²) in [5.41, 5.74) is 6.44. The number of anilines is 2. The van der Waals surface area contributed by atoms with Crippen molar-refractivity contribution in [1.29, 1.82) is 0 Å². The molecule has 0 aliphatic rings. The van der Waals surface area contributed by atoms with Gasteiger partial charge in [0, 0.05) is 5.38 Å². The summed E-state index contributed by atoms with van der Waals surface area (Å²) in [5, 5.41) is 5.21. The van der Waals surface area contributed by atoms with Crippen molar-refractivity contribution in [3.63, 3.8) is 0 Å². The number of hydrogen-bond donors (Lipinski definition) is 2. The van der Waals surface area contributed by atoms with Crippen molar-refractivity contribution in [1.82, 2.24) is 9.97 Å². The van der Waals surface area contributed by atoms with Gasteiger partial charge < -0.3 is 5.73 Å². The number of hydrogen-bond acceptors (Lipinski definition) is 5. The van der Waals surface area contributed by atoms with E-state index in [0.29, 0.717) is 5.13 Å². The molecule has 0 bridgehead atoms. The minimum absolute atomic E-state index is 0.0968. The van der Waals surface area contributed by atoms with Crippen molar-refractivity contribution in [2.75, 3.05) is 11.1 Å². The number of amides is 1. The number of nitrogens with one attached hydrogen (secondary N) is 1. The molecule has 0 saturated carbocycles. The summed E-state index contributed by atoms with van der Waals surface area (Å²) < 4.78 is 0. The molecule has 0 atom stereocenters. The monoisotopic (exact) mass is 268 g/mol. The summed E-state index contributed by atoms with van der Waals surface area (Å²) in [6.07, 6.45) is 0. The molecule has 17 heavy (non-hydrogen) atoms. The molecule has 0 unspecified atom stereocenters. The molecule has 0 spiro atoms. The summed E-state index contributed by atoms with van der Waals surface area (Å²) in [6, 6.07) is 3.07. The number of thiazole rings is 1. The van der Waals surface area contributed by atoms with Crippen LogP contribution in [0, 0.1) is 6.92 Å². The van der Waals surface area contributed by atoms with Crippen LogP contribution in [-0.2, 0) is 0 Å². The number of rotatable bonds is 2. The maximum absolute atomic E-state index is 11.8. The van der Waals surface area contributed by atoms with Gasteiger partial charge in [0.15, 0.2) is 5.13 Å². The molecule has 0 saturated heterocycles. The highest BCUT2D eigenvalue weighted by Crippen LogP contribution is 2.19. The van der Waals surface area contributed by atoms with Gasteiger partial charge in [0.25, 0.3) is 5.91 Å². The van der Waals surface area contributed by atoms with Gasteiger partial charge in [-0.05, 0) is 19.1 Å². The van der Waals surface area contributed by atoms with E-state index in [1.807, 2.05) is 12.3 Å². The minimum atomic E-state index is -0.420. The summed E-state index contributed by atoms with van der Waals surface area (Å²) in [5.74, 6) is -0.175. The molecule has 2 aromatic rings. The van der Waals surface area contributed by atoms with Crippen LogP contribution in [0.15, 0.2) is 17.5 Å². The van der Waals surface area contributed by atoms with Crippen LogP contribution in [0.3, 0.4) is 0 Å². The van der Waals surface area contributed by atoms with Crippen molar-refractivity contribution in [2.45, 2.75) is 6.92 Å². The maximum Gasteiger partial charge on any atom is 0.277 e. The number of nitrogen functional groups attached to an aromatic ring is 1. The Morgan fingerprint density at radius 2 is 2.24 bits per heavy atom. The lowest BCUT2D eigenvalue weighted by Crippen LogP contribution is -2.15. The molecule has 2 aromatic heterocycles. The van der Waals surface area contributed by atoms with E-state index in [-0.39, 0.29) is 16.5 Å². The predicted octanol–water partition coefficient (Wildman–Crippen LogP) is 2.33. The number of aryl methyl sites for hydroxylation is 1. The molecule has 0 fully saturated rings. The molecule has 5 nitrogen and oxygen atoms in total. The second kappa shape index (κ2) is 4.68. The first-order valence-corrected chi connectivity index (χ1v) is 5.97. The van der Waals surface area contributed by atoms with E-state index in [4.69, 9.17) is 17.3 Å².